The first kappa shape index (κ1) is 30.3. The van der Waals surface area contributed by atoms with E-state index in [0.29, 0.717) is 11.3 Å². The summed E-state index contributed by atoms with van der Waals surface area (Å²) in [5.41, 5.74) is 1.62. The zero-order chi connectivity index (χ0) is 30.3. The SMILES string of the molecule is C=C(C)c1cccc(C(C)(C)NC(=O)OCCn2c(O)c(/N=N/c3ccc(C(=O)OC)cc3)c(C)c(C#N)c2=O)c1. The van der Waals surface area contributed by atoms with E-state index in [9.17, 15) is 24.8 Å². The Bertz CT molecular complexity index is 1610. The number of aromatic nitrogens is 1. The number of nitrogens with zero attached hydrogens (tertiary/aromatic N) is 4. The van der Waals surface area contributed by atoms with E-state index >= 15 is 0 Å². The highest BCUT2D eigenvalue weighted by molar-refractivity contribution is 5.89. The van der Waals surface area contributed by atoms with Gasteiger partial charge < -0.3 is 19.9 Å². The van der Waals surface area contributed by atoms with Gasteiger partial charge in [-0.25, -0.2) is 9.59 Å². The maximum absolute atomic E-state index is 12.9. The Hall–Kier alpha value is -5.24. The van der Waals surface area contributed by atoms with E-state index in [4.69, 9.17) is 4.74 Å². The minimum Gasteiger partial charge on any atom is -0.493 e. The third-order valence-corrected chi connectivity index (χ3v) is 6.36. The second-order valence-electron chi connectivity index (χ2n) is 9.73. The largest absolute Gasteiger partial charge is 0.493 e. The molecule has 0 saturated carbocycles. The van der Waals surface area contributed by atoms with Crippen LogP contribution in [0.25, 0.3) is 5.57 Å². The molecule has 0 atom stereocenters. The van der Waals surface area contributed by atoms with E-state index in [1.165, 1.54) is 38.3 Å². The minimum absolute atomic E-state index is 0.0961. The van der Waals surface area contributed by atoms with Crippen molar-refractivity contribution < 1.29 is 24.2 Å². The smallest absolute Gasteiger partial charge is 0.407 e. The van der Waals surface area contributed by atoms with Crippen molar-refractivity contribution >= 4 is 29.0 Å². The van der Waals surface area contributed by atoms with E-state index in [1.54, 1.807) is 0 Å². The molecule has 0 spiro atoms. The number of esters is 1. The van der Waals surface area contributed by atoms with Crippen LogP contribution in [0.2, 0.25) is 0 Å². The van der Waals surface area contributed by atoms with Crippen LogP contribution < -0.4 is 10.9 Å². The van der Waals surface area contributed by atoms with Crippen molar-refractivity contribution in [2.24, 2.45) is 10.2 Å². The first-order valence-electron chi connectivity index (χ1n) is 12.6. The Morgan fingerprint density at radius 2 is 1.83 bits per heavy atom. The summed E-state index contributed by atoms with van der Waals surface area (Å²) in [5, 5.41) is 31.3. The first-order chi connectivity index (χ1) is 19.4. The molecule has 0 unspecified atom stereocenters. The summed E-state index contributed by atoms with van der Waals surface area (Å²) in [6, 6.07) is 15.5. The molecule has 0 aliphatic carbocycles. The molecule has 0 aliphatic heterocycles. The predicted molar refractivity (Wildman–Crippen MR) is 152 cm³/mol. The number of nitrogens with one attached hydrogen (secondary N) is 1. The van der Waals surface area contributed by atoms with E-state index in [2.05, 4.69) is 26.9 Å². The Morgan fingerprint density at radius 3 is 2.44 bits per heavy atom. The Labute approximate surface area is 237 Å². The number of alkyl carbamates (subject to hydrolysis) is 1. The molecule has 1 aromatic heterocycles. The monoisotopic (exact) mass is 557 g/mol. The molecule has 212 valence electrons. The van der Waals surface area contributed by atoms with Crippen molar-refractivity contribution in [3.63, 3.8) is 0 Å². The quantitative estimate of drug-likeness (QED) is 0.255. The zero-order valence-corrected chi connectivity index (χ0v) is 23.5. The molecule has 41 heavy (non-hydrogen) atoms. The summed E-state index contributed by atoms with van der Waals surface area (Å²) in [7, 11) is 1.27. The number of nitriles is 1. The van der Waals surface area contributed by atoms with Gasteiger partial charge in [0.25, 0.3) is 5.56 Å². The van der Waals surface area contributed by atoms with Gasteiger partial charge in [0.2, 0.25) is 5.88 Å². The molecule has 11 nitrogen and oxygen atoms in total. The zero-order valence-electron chi connectivity index (χ0n) is 23.5. The van der Waals surface area contributed by atoms with Gasteiger partial charge in [0, 0.05) is 5.56 Å². The van der Waals surface area contributed by atoms with Gasteiger partial charge in [0.05, 0.1) is 30.4 Å². The minimum atomic E-state index is -0.776. The van der Waals surface area contributed by atoms with Crippen molar-refractivity contribution in [1.82, 2.24) is 9.88 Å². The summed E-state index contributed by atoms with van der Waals surface area (Å²) in [5.74, 6) is -1.05. The van der Waals surface area contributed by atoms with Crippen molar-refractivity contribution in [2.45, 2.75) is 39.8 Å². The van der Waals surface area contributed by atoms with E-state index in [1.807, 2.05) is 51.1 Å². The Balaban J connectivity index is 1.77. The average molecular weight is 558 g/mol. The molecule has 1 amide bonds. The van der Waals surface area contributed by atoms with Gasteiger partial charge in [-0.05, 0) is 69.2 Å². The van der Waals surface area contributed by atoms with Gasteiger partial charge in [-0.3, -0.25) is 9.36 Å². The molecule has 1 heterocycles. The summed E-state index contributed by atoms with van der Waals surface area (Å²) < 4.78 is 10.9. The second-order valence-corrected chi connectivity index (χ2v) is 9.73. The molecule has 11 heteroatoms. The van der Waals surface area contributed by atoms with Gasteiger partial charge >= 0.3 is 12.1 Å². The van der Waals surface area contributed by atoms with Crippen LogP contribution in [0.5, 0.6) is 5.88 Å². The fraction of sp³-hybridized carbons (Fsp3) is 0.267. The molecule has 3 rings (SSSR count). The van der Waals surface area contributed by atoms with Crippen molar-refractivity contribution in [3.05, 3.63) is 93.3 Å². The highest BCUT2D eigenvalue weighted by atomic mass is 16.5. The van der Waals surface area contributed by atoms with Gasteiger partial charge in [0.15, 0.2) is 5.69 Å². The molecule has 0 radical (unpaired) electrons. The molecule has 2 aromatic carbocycles. The van der Waals surface area contributed by atoms with Crippen molar-refractivity contribution in [1.29, 1.82) is 5.26 Å². The molecule has 3 aromatic rings. The lowest BCUT2D eigenvalue weighted by Crippen LogP contribution is -2.41. The first-order valence-corrected chi connectivity index (χ1v) is 12.6. The van der Waals surface area contributed by atoms with Gasteiger partial charge in [-0.1, -0.05) is 30.4 Å². The fourth-order valence-corrected chi connectivity index (χ4v) is 3.92. The summed E-state index contributed by atoms with van der Waals surface area (Å²) >= 11 is 0. The van der Waals surface area contributed by atoms with Gasteiger partial charge in [-0.2, -0.15) is 10.4 Å². The summed E-state index contributed by atoms with van der Waals surface area (Å²) in [6.45, 7) is 10.4. The number of amides is 1. The number of azo groups is 1. The molecule has 2 N–H and O–H groups in total. The number of aromatic hydroxyl groups is 1. The normalized spacial score (nSPS) is 11.1. The van der Waals surface area contributed by atoms with Crippen LogP contribution in [0.1, 0.15) is 53.4 Å². The molecular weight excluding hydrogens is 526 g/mol. The van der Waals surface area contributed by atoms with Crippen LogP contribution in [0.15, 0.2) is 70.1 Å². The van der Waals surface area contributed by atoms with Crippen molar-refractivity contribution in [3.8, 4) is 11.9 Å². The summed E-state index contributed by atoms with van der Waals surface area (Å²) in [4.78, 5) is 37.1. The van der Waals surface area contributed by atoms with E-state index in [-0.39, 0.29) is 30.0 Å². The predicted octanol–water partition coefficient (Wildman–Crippen LogP) is 5.63. The highest BCUT2D eigenvalue weighted by Crippen LogP contribution is 2.32. The van der Waals surface area contributed by atoms with Crippen LogP contribution in [0.3, 0.4) is 0 Å². The third kappa shape index (κ3) is 7.05. The molecular formula is C30H31N5O6. The standard InChI is InChI=1S/C30H31N5O6/c1-18(2)21-8-7-9-22(16-21)30(4,5)32-29(39)41-15-14-35-26(36)24(17-31)19(3)25(27(35)37)34-33-23-12-10-20(11-13-23)28(38)40-6/h7-13,16,37H,1,14-15H2,2-6H3,(H,32,39)/b34-33+. The number of carbonyl (C=O) groups excluding carboxylic acids is 2. The number of rotatable bonds is 9. The Kier molecular flexibility index (Phi) is 9.42. The molecule has 0 bridgehead atoms. The van der Waals surface area contributed by atoms with Crippen molar-refractivity contribution in [2.75, 3.05) is 13.7 Å². The lowest BCUT2D eigenvalue weighted by atomic mass is 9.92. The number of ether oxygens (including phenoxy) is 2. The topological polar surface area (TPSA) is 155 Å². The number of hydrogen-bond acceptors (Lipinski definition) is 9. The van der Waals surface area contributed by atoms with E-state index < -0.39 is 29.0 Å². The fourth-order valence-electron chi connectivity index (χ4n) is 3.92. The van der Waals surface area contributed by atoms with E-state index in [0.717, 1.165) is 21.3 Å². The average Bonchev–Trinajstić information content (AvgIpc) is 2.94. The molecule has 0 fully saturated rings. The summed E-state index contributed by atoms with van der Waals surface area (Å²) in [6.07, 6.45) is -0.730. The second kappa shape index (κ2) is 12.7. The Morgan fingerprint density at radius 1 is 1.15 bits per heavy atom. The van der Waals surface area contributed by atoms with Crippen LogP contribution in [-0.4, -0.2) is 35.5 Å². The van der Waals surface area contributed by atoms with Crippen LogP contribution in [0, 0.1) is 18.3 Å². The number of methoxy groups -OCH3 is 1. The van der Waals surface area contributed by atoms with Crippen LogP contribution >= 0.6 is 0 Å². The number of benzene rings is 2. The number of hydrogen-bond donors (Lipinski definition) is 2. The molecule has 0 aliphatic rings. The molecule has 0 saturated heterocycles. The van der Waals surface area contributed by atoms with Gasteiger partial charge in [-0.15, -0.1) is 5.11 Å². The maximum atomic E-state index is 12.9. The van der Waals surface area contributed by atoms with Gasteiger partial charge in [0.1, 0.15) is 18.2 Å². The lowest BCUT2D eigenvalue weighted by molar-refractivity contribution is 0.0600. The number of pyridine rings is 1. The van der Waals surface area contributed by atoms with Crippen LogP contribution in [-0.2, 0) is 21.6 Å². The highest BCUT2D eigenvalue weighted by Gasteiger charge is 2.24. The number of carbonyl (C=O) groups is 2. The third-order valence-electron chi connectivity index (χ3n) is 6.36. The van der Waals surface area contributed by atoms with Crippen LogP contribution in [0.4, 0.5) is 16.2 Å². The lowest BCUT2D eigenvalue weighted by Gasteiger charge is -2.27. The number of allylic oxidation sites excluding steroid dienone is 1. The maximum Gasteiger partial charge on any atom is 0.407 e.